The van der Waals surface area contributed by atoms with Gasteiger partial charge in [-0.25, -0.2) is 4.79 Å². The molecular formula is C12H18N2O4. The molecule has 6 heteroatoms. The molecule has 1 aliphatic heterocycles. The van der Waals surface area contributed by atoms with E-state index < -0.39 is 12.3 Å². The van der Waals surface area contributed by atoms with Gasteiger partial charge in [-0.15, -0.1) is 0 Å². The molecule has 1 aliphatic rings. The summed E-state index contributed by atoms with van der Waals surface area (Å²) in [6.07, 6.45) is 2.34. The minimum Gasteiger partial charge on any atom is -0.445 e. The van der Waals surface area contributed by atoms with E-state index in [0.717, 1.165) is 6.42 Å². The zero-order valence-corrected chi connectivity index (χ0v) is 10.5. The molecular weight excluding hydrogens is 236 g/mol. The predicted molar refractivity (Wildman–Crippen MR) is 65.1 cm³/mol. The fraction of sp³-hybridized carbons (Fsp3) is 0.500. The minimum atomic E-state index is -1.18. The zero-order valence-electron chi connectivity index (χ0n) is 10.5. The van der Waals surface area contributed by atoms with E-state index in [1.807, 2.05) is 0 Å². The number of primary amides is 1. The summed E-state index contributed by atoms with van der Waals surface area (Å²) in [5, 5.41) is 11.7. The third-order valence-electron chi connectivity index (χ3n) is 2.52. The summed E-state index contributed by atoms with van der Waals surface area (Å²) in [5.74, 6) is 0.373. The lowest BCUT2D eigenvalue weighted by Gasteiger charge is -2.23. The Kier molecular flexibility index (Phi) is 4.91. The fourth-order valence-electron chi connectivity index (χ4n) is 1.63. The Bertz CT molecular complexity index is 399. The van der Waals surface area contributed by atoms with E-state index in [-0.39, 0.29) is 11.5 Å². The molecule has 1 unspecified atom stereocenters. The molecule has 1 rings (SSSR count). The van der Waals surface area contributed by atoms with Crippen molar-refractivity contribution < 1.29 is 19.4 Å². The van der Waals surface area contributed by atoms with Crippen molar-refractivity contribution in [3.05, 3.63) is 23.1 Å². The topological polar surface area (TPSA) is 102 Å². The van der Waals surface area contributed by atoms with Crippen LogP contribution < -0.4 is 11.1 Å². The number of nitrogens with one attached hydrogen (secondary N) is 1. The number of hydrogen-bond acceptors (Lipinski definition) is 4. The van der Waals surface area contributed by atoms with Gasteiger partial charge in [-0.2, -0.15) is 0 Å². The summed E-state index contributed by atoms with van der Waals surface area (Å²) in [5.41, 5.74) is 5.85. The second-order valence-corrected chi connectivity index (χ2v) is 4.48. The SMILES string of the molecule is CC(C)CCC1=CC(O)OC(NC(N)=O)=C1C=O. The number of aliphatic hydroxyl groups is 1. The quantitative estimate of drug-likeness (QED) is 0.631. The Hall–Kier alpha value is -1.82. The lowest BCUT2D eigenvalue weighted by Crippen LogP contribution is -2.34. The van der Waals surface area contributed by atoms with E-state index in [2.05, 4.69) is 19.2 Å². The first-order chi connectivity index (χ1) is 8.43. The van der Waals surface area contributed by atoms with Crippen LogP contribution in [0.3, 0.4) is 0 Å². The molecule has 4 N–H and O–H groups in total. The van der Waals surface area contributed by atoms with Crippen LogP contribution in [0.25, 0.3) is 0 Å². The molecule has 0 saturated heterocycles. The molecule has 0 aromatic carbocycles. The molecule has 0 spiro atoms. The first-order valence-electron chi connectivity index (χ1n) is 5.75. The fourth-order valence-corrected chi connectivity index (χ4v) is 1.63. The molecule has 0 fully saturated rings. The molecule has 0 bridgehead atoms. The average molecular weight is 254 g/mol. The number of allylic oxidation sites excluding steroid dienone is 2. The van der Waals surface area contributed by atoms with E-state index in [1.54, 1.807) is 0 Å². The molecule has 0 aromatic rings. The first-order valence-corrected chi connectivity index (χ1v) is 5.75. The van der Waals surface area contributed by atoms with E-state index in [1.165, 1.54) is 6.08 Å². The van der Waals surface area contributed by atoms with Gasteiger partial charge in [0.05, 0.1) is 5.57 Å². The maximum absolute atomic E-state index is 11.1. The van der Waals surface area contributed by atoms with Gasteiger partial charge in [-0.1, -0.05) is 13.8 Å². The van der Waals surface area contributed by atoms with Crippen LogP contribution >= 0.6 is 0 Å². The maximum Gasteiger partial charge on any atom is 0.318 e. The van der Waals surface area contributed by atoms with Crippen LogP contribution in [-0.2, 0) is 9.53 Å². The van der Waals surface area contributed by atoms with Gasteiger partial charge in [-0.3, -0.25) is 10.1 Å². The van der Waals surface area contributed by atoms with Crippen LogP contribution in [0.5, 0.6) is 0 Å². The van der Waals surface area contributed by atoms with Crippen molar-refractivity contribution in [1.82, 2.24) is 5.32 Å². The van der Waals surface area contributed by atoms with Gasteiger partial charge in [0.25, 0.3) is 0 Å². The Morgan fingerprint density at radius 2 is 2.33 bits per heavy atom. The second-order valence-electron chi connectivity index (χ2n) is 4.48. The van der Waals surface area contributed by atoms with Crippen molar-refractivity contribution in [3.8, 4) is 0 Å². The van der Waals surface area contributed by atoms with Crippen molar-refractivity contribution in [1.29, 1.82) is 0 Å². The first kappa shape index (κ1) is 14.2. The Morgan fingerprint density at radius 3 is 2.83 bits per heavy atom. The third-order valence-corrected chi connectivity index (χ3v) is 2.52. The summed E-state index contributed by atoms with van der Waals surface area (Å²) in [7, 11) is 0. The van der Waals surface area contributed by atoms with E-state index >= 15 is 0 Å². The molecule has 6 nitrogen and oxygen atoms in total. The van der Waals surface area contributed by atoms with Crippen LogP contribution in [0.4, 0.5) is 4.79 Å². The van der Waals surface area contributed by atoms with Gasteiger partial charge in [-0.05, 0) is 30.4 Å². The number of aliphatic hydroxyl groups excluding tert-OH is 1. The molecule has 18 heavy (non-hydrogen) atoms. The van der Waals surface area contributed by atoms with Crippen LogP contribution in [0.15, 0.2) is 23.1 Å². The highest BCUT2D eigenvalue weighted by Gasteiger charge is 2.22. The van der Waals surface area contributed by atoms with E-state index in [9.17, 15) is 14.7 Å². The monoisotopic (exact) mass is 254 g/mol. The average Bonchev–Trinajstić information content (AvgIpc) is 2.25. The van der Waals surface area contributed by atoms with Crippen LogP contribution in [0.1, 0.15) is 26.7 Å². The number of aldehydes is 1. The molecule has 100 valence electrons. The lowest BCUT2D eigenvalue weighted by molar-refractivity contribution is -0.105. The maximum atomic E-state index is 11.1. The number of amides is 2. The summed E-state index contributed by atoms with van der Waals surface area (Å²) in [6.45, 7) is 4.12. The van der Waals surface area contributed by atoms with Gasteiger partial charge in [0.1, 0.15) is 0 Å². The lowest BCUT2D eigenvalue weighted by atomic mass is 9.96. The molecule has 1 atom stereocenters. The number of hydrogen-bond donors (Lipinski definition) is 3. The third kappa shape index (κ3) is 3.89. The van der Waals surface area contributed by atoms with Gasteiger partial charge in [0.15, 0.2) is 6.29 Å². The highest BCUT2D eigenvalue weighted by Crippen LogP contribution is 2.25. The van der Waals surface area contributed by atoms with Crippen LogP contribution in [0, 0.1) is 5.92 Å². The van der Waals surface area contributed by atoms with Crippen molar-refractivity contribution in [3.63, 3.8) is 0 Å². The van der Waals surface area contributed by atoms with Crippen LogP contribution in [0.2, 0.25) is 0 Å². The number of carbonyl (C=O) groups excluding carboxylic acids is 2. The highest BCUT2D eigenvalue weighted by molar-refractivity contribution is 5.83. The zero-order chi connectivity index (χ0) is 13.7. The standard InChI is InChI=1S/C12H18N2O4/c1-7(2)3-4-8-5-10(16)18-11(9(8)6-15)14-12(13)17/h5-7,10,16H,3-4H2,1-2H3,(H3,13,14,17). The number of rotatable bonds is 5. The van der Waals surface area contributed by atoms with E-state index in [0.29, 0.717) is 24.2 Å². The number of urea groups is 1. The van der Waals surface area contributed by atoms with E-state index in [4.69, 9.17) is 10.5 Å². The summed E-state index contributed by atoms with van der Waals surface area (Å²) in [6, 6.07) is -0.846. The minimum absolute atomic E-state index is 0.0914. The normalized spacial score (nSPS) is 19.3. The summed E-state index contributed by atoms with van der Waals surface area (Å²) in [4.78, 5) is 21.8. The van der Waals surface area contributed by atoms with Gasteiger partial charge >= 0.3 is 6.03 Å². The summed E-state index contributed by atoms with van der Waals surface area (Å²) >= 11 is 0. The van der Waals surface area contributed by atoms with Crippen molar-refractivity contribution >= 4 is 12.3 Å². The molecule has 2 amide bonds. The van der Waals surface area contributed by atoms with Gasteiger partial charge in [0.2, 0.25) is 12.2 Å². The number of carbonyl (C=O) groups is 2. The Balaban J connectivity index is 2.94. The molecule has 0 radical (unpaired) electrons. The molecule has 0 saturated carbocycles. The van der Waals surface area contributed by atoms with Crippen molar-refractivity contribution in [2.24, 2.45) is 11.7 Å². The smallest absolute Gasteiger partial charge is 0.318 e. The van der Waals surface area contributed by atoms with Gasteiger partial charge < -0.3 is 15.6 Å². The van der Waals surface area contributed by atoms with Gasteiger partial charge in [0, 0.05) is 0 Å². The summed E-state index contributed by atoms with van der Waals surface area (Å²) < 4.78 is 4.95. The largest absolute Gasteiger partial charge is 0.445 e. The predicted octanol–water partition coefficient (Wildman–Crippen LogP) is 0.776. The second kappa shape index (κ2) is 6.20. The number of nitrogens with two attached hydrogens (primary N) is 1. The molecule has 0 aromatic heterocycles. The van der Waals surface area contributed by atoms with Crippen molar-refractivity contribution in [2.75, 3.05) is 0 Å². The number of ether oxygens (including phenoxy) is 1. The van der Waals surface area contributed by atoms with Crippen molar-refractivity contribution in [2.45, 2.75) is 33.0 Å². The van der Waals surface area contributed by atoms with Crippen LogP contribution in [-0.4, -0.2) is 23.7 Å². The molecule has 1 heterocycles. The Labute approximate surface area is 105 Å². The highest BCUT2D eigenvalue weighted by atomic mass is 16.6. The molecule has 0 aliphatic carbocycles. The Morgan fingerprint density at radius 1 is 1.67 bits per heavy atom.